The van der Waals surface area contributed by atoms with Crippen LogP contribution in [-0.2, 0) is 9.53 Å². The van der Waals surface area contributed by atoms with E-state index < -0.39 is 0 Å². The Balaban J connectivity index is 1.36. The highest BCUT2D eigenvalue weighted by molar-refractivity contribution is 5.79. The van der Waals surface area contributed by atoms with Crippen LogP contribution in [0.25, 0.3) is 5.52 Å². The summed E-state index contributed by atoms with van der Waals surface area (Å²) in [4.78, 5) is 19.3. The maximum Gasteiger partial charge on any atom is 0.223 e. The molecule has 24 heavy (non-hydrogen) atoms. The van der Waals surface area contributed by atoms with E-state index in [9.17, 15) is 4.79 Å². The fourth-order valence-electron chi connectivity index (χ4n) is 3.60. The second-order valence-corrected chi connectivity index (χ2v) is 6.57. The number of ether oxygens (including phenoxy) is 1. The Bertz CT molecular complexity index is 702. The Morgan fingerprint density at radius 1 is 1.17 bits per heavy atom. The van der Waals surface area contributed by atoms with Gasteiger partial charge in [-0.2, -0.15) is 5.10 Å². The van der Waals surface area contributed by atoms with E-state index >= 15 is 0 Å². The smallest absolute Gasteiger partial charge is 0.223 e. The van der Waals surface area contributed by atoms with Gasteiger partial charge in [0.15, 0.2) is 5.82 Å². The molecule has 0 saturated carbocycles. The van der Waals surface area contributed by atoms with Crippen LogP contribution < -0.4 is 10.2 Å². The van der Waals surface area contributed by atoms with Gasteiger partial charge in [-0.25, -0.2) is 9.50 Å². The van der Waals surface area contributed by atoms with E-state index in [1.54, 1.807) is 12.4 Å². The lowest BCUT2D eigenvalue weighted by molar-refractivity contribution is -0.126. The number of amides is 1. The van der Waals surface area contributed by atoms with E-state index in [-0.39, 0.29) is 17.9 Å². The van der Waals surface area contributed by atoms with E-state index in [1.807, 2.05) is 16.8 Å². The first-order chi connectivity index (χ1) is 11.8. The van der Waals surface area contributed by atoms with E-state index in [0.29, 0.717) is 0 Å². The van der Waals surface area contributed by atoms with E-state index in [2.05, 4.69) is 20.3 Å². The quantitative estimate of drug-likeness (QED) is 0.917. The van der Waals surface area contributed by atoms with Crippen LogP contribution in [0.2, 0.25) is 0 Å². The first kappa shape index (κ1) is 15.4. The Labute approximate surface area is 141 Å². The SMILES string of the molecule is O=C(NC1CCOCC1)C1CCN(c2nccn3nccc23)CC1. The van der Waals surface area contributed by atoms with Crippen molar-refractivity contribution in [3.8, 4) is 0 Å². The van der Waals surface area contributed by atoms with Crippen molar-refractivity contribution in [2.24, 2.45) is 5.92 Å². The standard InChI is InChI=1S/C17H23N5O2/c23-17(20-14-4-11-24-12-5-14)13-2-8-21(9-3-13)16-15-1-6-19-22(15)10-7-18-16/h1,6-7,10,13-14H,2-5,8-9,11-12H2,(H,20,23). The van der Waals surface area contributed by atoms with Gasteiger partial charge in [0.2, 0.25) is 5.91 Å². The number of hydrogen-bond donors (Lipinski definition) is 1. The van der Waals surface area contributed by atoms with E-state index in [4.69, 9.17) is 4.74 Å². The summed E-state index contributed by atoms with van der Waals surface area (Å²) in [5, 5.41) is 7.46. The summed E-state index contributed by atoms with van der Waals surface area (Å²) in [6.45, 7) is 3.21. The van der Waals surface area contributed by atoms with Crippen LogP contribution in [0.15, 0.2) is 24.7 Å². The summed E-state index contributed by atoms with van der Waals surface area (Å²) in [6.07, 6.45) is 9.01. The van der Waals surface area contributed by atoms with Crippen molar-refractivity contribution in [2.45, 2.75) is 31.7 Å². The topological polar surface area (TPSA) is 71.8 Å². The molecular weight excluding hydrogens is 306 g/mol. The normalized spacial score (nSPS) is 20.4. The predicted molar refractivity (Wildman–Crippen MR) is 89.9 cm³/mol. The predicted octanol–water partition coefficient (Wildman–Crippen LogP) is 1.24. The maximum absolute atomic E-state index is 12.5. The van der Waals surface area contributed by atoms with Gasteiger partial charge >= 0.3 is 0 Å². The summed E-state index contributed by atoms with van der Waals surface area (Å²) >= 11 is 0. The number of carbonyl (C=O) groups excluding carboxylic acids is 1. The lowest BCUT2D eigenvalue weighted by atomic mass is 9.95. The highest BCUT2D eigenvalue weighted by Gasteiger charge is 2.28. The molecule has 2 aromatic heterocycles. The number of nitrogens with one attached hydrogen (secondary N) is 1. The second kappa shape index (κ2) is 6.76. The van der Waals surface area contributed by atoms with Crippen LogP contribution in [-0.4, -0.2) is 52.9 Å². The zero-order chi connectivity index (χ0) is 16.4. The van der Waals surface area contributed by atoms with Gasteiger partial charge in [0.05, 0.1) is 6.20 Å². The van der Waals surface area contributed by atoms with Crippen molar-refractivity contribution in [1.29, 1.82) is 0 Å². The Morgan fingerprint density at radius 2 is 1.96 bits per heavy atom. The number of anilines is 1. The van der Waals surface area contributed by atoms with Crippen LogP contribution >= 0.6 is 0 Å². The molecule has 2 aliphatic heterocycles. The number of aromatic nitrogens is 3. The number of hydrogen-bond acceptors (Lipinski definition) is 5. The number of fused-ring (bicyclic) bond motifs is 1. The molecule has 1 amide bonds. The van der Waals surface area contributed by atoms with Crippen LogP contribution in [0.1, 0.15) is 25.7 Å². The van der Waals surface area contributed by atoms with Crippen LogP contribution in [0.3, 0.4) is 0 Å². The average Bonchev–Trinajstić information content (AvgIpc) is 3.11. The average molecular weight is 329 g/mol. The summed E-state index contributed by atoms with van der Waals surface area (Å²) in [6, 6.07) is 2.26. The number of carbonyl (C=O) groups is 1. The van der Waals surface area contributed by atoms with Gasteiger partial charge < -0.3 is 15.0 Å². The Morgan fingerprint density at radius 3 is 2.75 bits per heavy atom. The van der Waals surface area contributed by atoms with Crippen molar-refractivity contribution < 1.29 is 9.53 Å². The van der Waals surface area contributed by atoms with Gasteiger partial charge in [-0.05, 0) is 31.7 Å². The van der Waals surface area contributed by atoms with E-state index in [1.165, 1.54) is 0 Å². The first-order valence-corrected chi connectivity index (χ1v) is 8.73. The Kier molecular flexibility index (Phi) is 4.34. The minimum absolute atomic E-state index is 0.105. The molecule has 1 N–H and O–H groups in total. The summed E-state index contributed by atoms with van der Waals surface area (Å²) in [5.74, 6) is 1.27. The summed E-state index contributed by atoms with van der Waals surface area (Å²) in [5.41, 5.74) is 1.02. The molecule has 2 saturated heterocycles. The van der Waals surface area contributed by atoms with Gasteiger partial charge in [0, 0.05) is 50.7 Å². The summed E-state index contributed by atoms with van der Waals surface area (Å²) < 4.78 is 7.19. The molecule has 2 aromatic rings. The van der Waals surface area contributed by atoms with Crippen molar-refractivity contribution in [3.63, 3.8) is 0 Å². The van der Waals surface area contributed by atoms with Crippen molar-refractivity contribution in [2.75, 3.05) is 31.2 Å². The molecule has 7 nitrogen and oxygen atoms in total. The van der Waals surface area contributed by atoms with Crippen LogP contribution in [0, 0.1) is 5.92 Å². The number of rotatable bonds is 3. The molecule has 0 atom stereocenters. The lowest BCUT2D eigenvalue weighted by Crippen LogP contribution is -2.45. The van der Waals surface area contributed by atoms with Gasteiger partial charge in [-0.1, -0.05) is 0 Å². The third-order valence-corrected chi connectivity index (χ3v) is 5.04. The first-order valence-electron chi connectivity index (χ1n) is 8.73. The minimum Gasteiger partial charge on any atom is -0.381 e. The molecule has 4 rings (SSSR count). The zero-order valence-electron chi connectivity index (χ0n) is 13.7. The molecule has 0 spiro atoms. The molecule has 2 aliphatic rings. The maximum atomic E-state index is 12.5. The molecular formula is C17H23N5O2. The van der Waals surface area contributed by atoms with Gasteiger partial charge in [0.1, 0.15) is 5.52 Å². The molecule has 0 bridgehead atoms. The highest BCUT2D eigenvalue weighted by Crippen LogP contribution is 2.25. The lowest BCUT2D eigenvalue weighted by Gasteiger charge is -2.33. The minimum atomic E-state index is 0.105. The molecule has 0 aromatic carbocycles. The van der Waals surface area contributed by atoms with Crippen molar-refractivity contribution >= 4 is 17.2 Å². The highest BCUT2D eigenvalue weighted by atomic mass is 16.5. The largest absolute Gasteiger partial charge is 0.381 e. The Hall–Kier alpha value is -2.15. The third-order valence-electron chi connectivity index (χ3n) is 5.04. The fourth-order valence-corrected chi connectivity index (χ4v) is 3.60. The van der Waals surface area contributed by atoms with Gasteiger partial charge in [-0.3, -0.25) is 4.79 Å². The monoisotopic (exact) mass is 329 g/mol. The zero-order valence-corrected chi connectivity index (χ0v) is 13.7. The number of piperidine rings is 1. The second-order valence-electron chi connectivity index (χ2n) is 6.57. The van der Waals surface area contributed by atoms with Gasteiger partial charge in [-0.15, -0.1) is 0 Å². The molecule has 4 heterocycles. The summed E-state index contributed by atoms with van der Waals surface area (Å²) in [7, 11) is 0. The van der Waals surface area contributed by atoms with E-state index in [0.717, 1.165) is 63.3 Å². The third kappa shape index (κ3) is 3.08. The van der Waals surface area contributed by atoms with Crippen LogP contribution in [0.5, 0.6) is 0 Å². The number of nitrogens with zero attached hydrogens (tertiary/aromatic N) is 4. The molecule has 7 heteroatoms. The van der Waals surface area contributed by atoms with Crippen molar-refractivity contribution in [3.05, 3.63) is 24.7 Å². The van der Waals surface area contributed by atoms with Gasteiger partial charge in [0.25, 0.3) is 0 Å². The fraction of sp³-hybridized carbons (Fsp3) is 0.588. The molecule has 0 aliphatic carbocycles. The molecule has 128 valence electrons. The van der Waals surface area contributed by atoms with Crippen LogP contribution in [0.4, 0.5) is 5.82 Å². The molecule has 2 fully saturated rings. The van der Waals surface area contributed by atoms with Crippen molar-refractivity contribution in [1.82, 2.24) is 19.9 Å². The molecule has 0 radical (unpaired) electrons. The molecule has 0 unspecified atom stereocenters.